The summed E-state index contributed by atoms with van der Waals surface area (Å²) in [4.78, 5) is 61.6. The normalized spacial score (nSPS) is 36.2. The zero-order valence-corrected chi connectivity index (χ0v) is 32.9. The van der Waals surface area contributed by atoms with Gasteiger partial charge in [-0.15, -0.1) is 0 Å². The van der Waals surface area contributed by atoms with E-state index in [9.17, 15) is 24.3 Å². The number of hydrogen-bond donors (Lipinski definition) is 2. The number of carbonyl (C=O) groups is 4. The molecule has 6 aliphatic carbocycles. The molecule has 1 saturated heterocycles. The van der Waals surface area contributed by atoms with Gasteiger partial charge in [0.25, 0.3) is 11.8 Å². The molecule has 288 valence electrons. The Balaban J connectivity index is 1.21. The molecular formula is C43H47N3O7S2. The number of rotatable bonds is 4. The van der Waals surface area contributed by atoms with Crippen molar-refractivity contribution in [3.05, 3.63) is 81.5 Å². The fourth-order valence-corrected chi connectivity index (χ4v) is 14.5. The highest BCUT2D eigenvalue weighted by molar-refractivity contribution is 8.76. The molecule has 5 heterocycles. The molecule has 8 atom stereocenters. The highest BCUT2D eigenvalue weighted by atomic mass is 33.1. The average Bonchev–Trinajstić information content (AvgIpc) is 3.96. The van der Waals surface area contributed by atoms with E-state index < -0.39 is 22.7 Å². The van der Waals surface area contributed by atoms with E-state index in [0.717, 1.165) is 73.0 Å². The van der Waals surface area contributed by atoms with Crippen molar-refractivity contribution in [2.45, 2.75) is 95.8 Å². The van der Waals surface area contributed by atoms with Gasteiger partial charge in [-0.3, -0.25) is 14.5 Å². The fraction of sp³-hybridized carbons (Fsp3) is 0.558. The second-order valence-corrected chi connectivity index (χ2v) is 19.7. The molecule has 2 saturated carbocycles. The summed E-state index contributed by atoms with van der Waals surface area (Å²) in [5.74, 6) is 0.272. The maximum absolute atomic E-state index is 14.7. The van der Waals surface area contributed by atoms with Crippen molar-refractivity contribution in [2.24, 2.45) is 40.4 Å². The van der Waals surface area contributed by atoms with Gasteiger partial charge in [0, 0.05) is 47.9 Å². The van der Waals surface area contributed by atoms with Gasteiger partial charge in [-0.2, -0.15) is 0 Å². The number of aliphatic hydroxyl groups excluding tert-OH is 1. The predicted octanol–water partition coefficient (Wildman–Crippen LogP) is 7.47. The molecule has 0 radical (unpaired) electrons. The number of esters is 2. The fourth-order valence-electron chi connectivity index (χ4n) is 12.4. The van der Waals surface area contributed by atoms with Gasteiger partial charge in [-0.1, -0.05) is 48.3 Å². The van der Waals surface area contributed by atoms with Gasteiger partial charge in [-0.05, 0) is 122 Å². The largest absolute Gasteiger partial charge is 0.427 e. The Hall–Kier alpha value is -3.61. The summed E-state index contributed by atoms with van der Waals surface area (Å²) in [6.45, 7) is 4.35. The van der Waals surface area contributed by atoms with Gasteiger partial charge in [0.2, 0.25) is 0 Å². The van der Waals surface area contributed by atoms with Crippen molar-refractivity contribution in [2.75, 3.05) is 17.7 Å². The molecule has 8 unspecified atom stereocenters. The maximum Gasteiger partial charge on any atom is 0.340 e. The van der Waals surface area contributed by atoms with Crippen molar-refractivity contribution < 1.29 is 33.8 Å². The SMILES string of the molecule is CCC1(C2=C3OC(=O)C4=C3C(CC2)CC2C3CCC5(C6=CCC(C)C(O)SSCNc7cc(ccn7)C(CN7C(=O)C=CC7=O)C3=C5C(=O)O6)C42)CCCC1. The first-order valence-electron chi connectivity index (χ1n) is 20.2. The molecule has 7 bridgehead atoms. The molecule has 12 heteroatoms. The van der Waals surface area contributed by atoms with Gasteiger partial charge in [-0.25, -0.2) is 14.6 Å². The van der Waals surface area contributed by atoms with E-state index in [1.807, 2.05) is 25.1 Å². The molecule has 1 spiro atoms. The van der Waals surface area contributed by atoms with Crippen LogP contribution in [0.25, 0.3) is 0 Å². The molecule has 2 amide bonds. The zero-order valence-electron chi connectivity index (χ0n) is 31.3. The summed E-state index contributed by atoms with van der Waals surface area (Å²) < 4.78 is 12.9. The standard InChI is InChI=1S/C43H47N3O7S2/c1-3-42(14-4-5-15-42)28-8-7-24-18-26-25-12-16-43(36(26)35-33(24)38(28)53-39(35)49)29-9-6-22(2)41(51)55-54-21-45-30-19-23(13-17-44-30)27(34(25)37(43)40(50)52-29)20-46-31(47)10-11-32(46)48/h9-11,13,17,19,22,24-27,36,41,51H,3-8,12,14-16,18,20-21H2,1-2H3,(H,44,45). The summed E-state index contributed by atoms with van der Waals surface area (Å²) in [7, 11) is 2.88. The first kappa shape index (κ1) is 35.8. The molecule has 10 aliphatic rings. The number of aliphatic hydroxyl groups is 1. The Bertz CT molecular complexity index is 2060. The van der Waals surface area contributed by atoms with Gasteiger partial charge in [0.05, 0.1) is 16.9 Å². The van der Waals surface area contributed by atoms with Gasteiger partial charge in [0.1, 0.15) is 22.8 Å². The molecule has 11 rings (SSSR count). The number of amides is 2. The molecule has 4 aliphatic heterocycles. The molecule has 55 heavy (non-hydrogen) atoms. The van der Waals surface area contributed by atoms with Crippen LogP contribution in [0.15, 0.2) is 75.9 Å². The second-order valence-electron chi connectivity index (χ2n) is 17.2. The smallest absolute Gasteiger partial charge is 0.340 e. The van der Waals surface area contributed by atoms with Crippen molar-refractivity contribution in [3.8, 4) is 0 Å². The lowest BCUT2D eigenvalue weighted by Gasteiger charge is -2.58. The molecule has 3 fully saturated rings. The van der Waals surface area contributed by atoms with Crippen LogP contribution in [-0.2, 0) is 28.7 Å². The van der Waals surface area contributed by atoms with E-state index in [2.05, 4.69) is 17.2 Å². The van der Waals surface area contributed by atoms with Crippen LogP contribution in [-0.4, -0.2) is 56.6 Å². The minimum absolute atomic E-state index is 0.0214. The van der Waals surface area contributed by atoms with Crippen LogP contribution >= 0.6 is 21.6 Å². The average molecular weight is 782 g/mol. The van der Waals surface area contributed by atoms with Crippen LogP contribution in [0.5, 0.6) is 0 Å². The van der Waals surface area contributed by atoms with E-state index in [1.54, 1.807) is 6.20 Å². The van der Waals surface area contributed by atoms with Crippen molar-refractivity contribution in [1.82, 2.24) is 9.88 Å². The second kappa shape index (κ2) is 13.2. The van der Waals surface area contributed by atoms with E-state index in [4.69, 9.17) is 9.47 Å². The van der Waals surface area contributed by atoms with Gasteiger partial charge >= 0.3 is 11.9 Å². The Morgan fingerprint density at radius 3 is 2.62 bits per heavy atom. The molecule has 0 aromatic carbocycles. The number of nitrogens with zero attached hydrogens (tertiary/aromatic N) is 2. The van der Waals surface area contributed by atoms with E-state index >= 15 is 0 Å². The van der Waals surface area contributed by atoms with E-state index in [1.165, 1.54) is 57.1 Å². The monoisotopic (exact) mass is 781 g/mol. The summed E-state index contributed by atoms with van der Waals surface area (Å²) in [5.41, 5.74) is 4.01. The Labute approximate surface area is 329 Å². The molecule has 10 nitrogen and oxygen atoms in total. The third-order valence-corrected chi connectivity index (χ3v) is 17.3. The summed E-state index contributed by atoms with van der Waals surface area (Å²) in [6, 6.07) is 3.88. The van der Waals surface area contributed by atoms with E-state index in [0.29, 0.717) is 35.9 Å². The Kier molecular flexibility index (Phi) is 8.61. The first-order valence-corrected chi connectivity index (χ1v) is 22.6. The minimum Gasteiger partial charge on any atom is -0.427 e. The number of nitrogens with one attached hydrogen (secondary N) is 1. The summed E-state index contributed by atoms with van der Waals surface area (Å²) in [6.07, 6.45) is 16.7. The molecule has 2 N–H and O–H groups in total. The van der Waals surface area contributed by atoms with Crippen LogP contribution in [0.4, 0.5) is 5.82 Å². The lowest BCUT2D eigenvalue weighted by atomic mass is 9.42. The van der Waals surface area contributed by atoms with Crippen LogP contribution in [0.3, 0.4) is 0 Å². The van der Waals surface area contributed by atoms with Crippen molar-refractivity contribution >= 4 is 51.2 Å². The maximum atomic E-state index is 14.7. The third-order valence-electron chi connectivity index (χ3n) is 14.9. The third kappa shape index (κ3) is 5.22. The number of ether oxygens (including phenoxy) is 2. The van der Waals surface area contributed by atoms with Crippen LogP contribution in [0.2, 0.25) is 0 Å². The highest BCUT2D eigenvalue weighted by Crippen LogP contribution is 2.73. The lowest BCUT2D eigenvalue weighted by Crippen LogP contribution is -2.54. The first-order chi connectivity index (χ1) is 26.6. The number of anilines is 1. The van der Waals surface area contributed by atoms with Crippen LogP contribution in [0.1, 0.15) is 96.0 Å². The van der Waals surface area contributed by atoms with Crippen molar-refractivity contribution in [1.29, 1.82) is 0 Å². The summed E-state index contributed by atoms with van der Waals surface area (Å²) >= 11 is 0. The quantitative estimate of drug-likeness (QED) is 0.179. The highest BCUT2D eigenvalue weighted by Gasteiger charge is 2.70. The zero-order chi connectivity index (χ0) is 37.8. The van der Waals surface area contributed by atoms with Gasteiger partial charge < -0.3 is 19.9 Å². The number of allylic oxidation sites excluding steroid dienone is 4. The molecule has 1 aromatic heterocycles. The number of hydrogen-bond acceptors (Lipinski definition) is 11. The van der Waals surface area contributed by atoms with Gasteiger partial charge in [0.15, 0.2) is 0 Å². The lowest BCUT2D eigenvalue weighted by molar-refractivity contribution is -0.137. The number of imide groups is 1. The minimum atomic E-state index is -0.922. The van der Waals surface area contributed by atoms with Crippen LogP contribution < -0.4 is 5.32 Å². The predicted molar refractivity (Wildman–Crippen MR) is 208 cm³/mol. The molecule has 1 aromatic rings. The number of carbonyl (C=O) groups excluding carboxylic acids is 4. The molecular weight excluding hydrogens is 735 g/mol. The summed E-state index contributed by atoms with van der Waals surface area (Å²) in [5, 5.41) is 14.5. The number of fused-ring (bicyclic) bond motifs is 3. The van der Waals surface area contributed by atoms with E-state index in [-0.39, 0.29) is 59.3 Å². The number of pyridine rings is 1. The van der Waals surface area contributed by atoms with Crippen molar-refractivity contribution in [3.63, 3.8) is 0 Å². The Morgan fingerprint density at radius 1 is 1.04 bits per heavy atom. The topological polar surface area (TPSA) is 135 Å². The Morgan fingerprint density at radius 2 is 1.84 bits per heavy atom. The van der Waals surface area contributed by atoms with Crippen LogP contribution in [0, 0.1) is 40.4 Å². The number of aromatic nitrogens is 1.